The molecule has 0 aromatic heterocycles. The maximum atomic E-state index is 11.8. The van der Waals surface area contributed by atoms with Gasteiger partial charge in [0.1, 0.15) is 0 Å². The fourth-order valence-corrected chi connectivity index (χ4v) is 2.02. The van der Waals surface area contributed by atoms with E-state index in [9.17, 15) is 4.79 Å². The van der Waals surface area contributed by atoms with Gasteiger partial charge in [-0.15, -0.1) is 0 Å². The van der Waals surface area contributed by atoms with Crippen LogP contribution in [0.2, 0.25) is 0 Å². The highest BCUT2D eigenvalue weighted by Crippen LogP contribution is 2.20. The Balaban J connectivity index is 2.73. The van der Waals surface area contributed by atoms with Crippen LogP contribution in [0.5, 0.6) is 0 Å². The minimum Gasteiger partial charge on any atom is -0.362 e. The Morgan fingerprint density at radius 3 is 2.56 bits per heavy atom. The van der Waals surface area contributed by atoms with Gasteiger partial charge in [-0.3, -0.25) is 4.79 Å². The van der Waals surface area contributed by atoms with Crippen molar-refractivity contribution < 1.29 is 4.79 Å². The van der Waals surface area contributed by atoms with Crippen LogP contribution in [0.15, 0.2) is 18.2 Å². The molecule has 0 saturated heterocycles. The largest absolute Gasteiger partial charge is 0.362 e. The van der Waals surface area contributed by atoms with Crippen LogP contribution >= 0.6 is 0 Å². The van der Waals surface area contributed by atoms with Crippen molar-refractivity contribution in [2.75, 3.05) is 24.5 Å². The normalized spacial score (nSPS) is 10.2. The molecular weight excluding hydrogens is 224 g/mol. The summed E-state index contributed by atoms with van der Waals surface area (Å²) >= 11 is 0. The Kier molecular flexibility index (Phi) is 5.69. The second-order valence-electron chi connectivity index (χ2n) is 4.65. The summed E-state index contributed by atoms with van der Waals surface area (Å²) in [6.07, 6.45) is 0.974. The van der Waals surface area contributed by atoms with Crippen molar-refractivity contribution in [3.05, 3.63) is 29.3 Å². The molecule has 0 aliphatic carbocycles. The number of nitrogens with one attached hydrogen (secondary N) is 1. The predicted octanol–water partition coefficient (Wildman–Crippen LogP) is 2.66. The van der Waals surface area contributed by atoms with E-state index in [1.54, 1.807) is 0 Å². The van der Waals surface area contributed by atoms with Crippen LogP contribution in [0.1, 0.15) is 31.4 Å². The highest BCUT2D eigenvalue weighted by atomic mass is 16.2. The van der Waals surface area contributed by atoms with Crippen LogP contribution in [0.25, 0.3) is 0 Å². The minimum absolute atomic E-state index is 0.0960. The zero-order valence-corrected chi connectivity index (χ0v) is 11.9. The lowest BCUT2D eigenvalue weighted by molar-refractivity contribution is -0.119. The van der Waals surface area contributed by atoms with Gasteiger partial charge in [-0.2, -0.15) is 0 Å². The fraction of sp³-hybridized carbons (Fsp3) is 0.533. The van der Waals surface area contributed by atoms with Crippen molar-refractivity contribution >= 4 is 11.6 Å². The second-order valence-corrected chi connectivity index (χ2v) is 4.65. The number of hydrogen-bond acceptors (Lipinski definition) is 2. The van der Waals surface area contributed by atoms with Crippen molar-refractivity contribution in [3.8, 4) is 0 Å². The van der Waals surface area contributed by atoms with Gasteiger partial charge in [-0.1, -0.05) is 24.6 Å². The Labute approximate surface area is 110 Å². The fourth-order valence-electron chi connectivity index (χ4n) is 2.02. The molecule has 0 radical (unpaired) electrons. The summed E-state index contributed by atoms with van der Waals surface area (Å²) in [5.74, 6) is 0.0960. The third kappa shape index (κ3) is 4.06. The molecule has 100 valence electrons. The number of anilines is 1. The van der Waals surface area contributed by atoms with Crippen molar-refractivity contribution in [2.24, 2.45) is 0 Å². The Morgan fingerprint density at radius 1 is 1.28 bits per heavy atom. The van der Waals surface area contributed by atoms with E-state index in [1.807, 2.05) is 0 Å². The number of carbonyl (C=O) groups excluding carboxylic acids is 1. The summed E-state index contributed by atoms with van der Waals surface area (Å²) in [7, 11) is 0. The molecule has 0 fully saturated rings. The third-order valence-corrected chi connectivity index (χ3v) is 2.98. The maximum absolute atomic E-state index is 11.8. The molecule has 0 aliphatic heterocycles. The SMILES string of the molecule is CCCNC(=O)CN(CC)c1ccc(C)cc1C. The summed E-state index contributed by atoms with van der Waals surface area (Å²) in [6, 6.07) is 6.35. The van der Waals surface area contributed by atoms with E-state index in [0.717, 1.165) is 25.2 Å². The molecule has 0 spiro atoms. The molecule has 0 atom stereocenters. The summed E-state index contributed by atoms with van der Waals surface area (Å²) in [4.78, 5) is 13.9. The molecule has 3 nitrogen and oxygen atoms in total. The lowest BCUT2D eigenvalue weighted by Crippen LogP contribution is -2.37. The number of carbonyl (C=O) groups is 1. The summed E-state index contributed by atoms with van der Waals surface area (Å²) < 4.78 is 0. The van der Waals surface area contributed by atoms with E-state index in [4.69, 9.17) is 0 Å². The smallest absolute Gasteiger partial charge is 0.239 e. The van der Waals surface area contributed by atoms with E-state index in [-0.39, 0.29) is 5.91 Å². The number of benzene rings is 1. The van der Waals surface area contributed by atoms with Gasteiger partial charge in [0.2, 0.25) is 5.91 Å². The number of rotatable bonds is 6. The number of aryl methyl sites for hydroxylation is 2. The highest BCUT2D eigenvalue weighted by Gasteiger charge is 2.11. The molecule has 1 N–H and O–H groups in total. The average Bonchev–Trinajstić information content (AvgIpc) is 2.34. The minimum atomic E-state index is 0.0960. The zero-order chi connectivity index (χ0) is 13.5. The van der Waals surface area contributed by atoms with E-state index in [0.29, 0.717) is 6.54 Å². The van der Waals surface area contributed by atoms with Crippen LogP contribution in [-0.2, 0) is 4.79 Å². The van der Waals surface area contributed by atoms with Gasteiger partial charge < -0.3 is 10.2 Å². The topological polar surface area (TPSA) is 32.3 Å². The highest BCUT2D eigenvalue weighted by molar-refractivity contribution is 5.81. The van der Waals surface area contributed by atoms with E-state index < -0.39 is 0 Å². The lowest BCUT2D eigenvalue weighted by atomic mass is 10.1. The summed E-state index contributed by atoms with van der Waals surface area (Å²) in [6.45, 7) is 10.3. The van der Waals surface area contributed by atoms with Crippen LogP contribution in [0, 0.1) is 13.8 Å². The van der Waals surface area contributed by atoms with Gasteiger partial charge >= 0.3 is 0 Å². The quantitative estimate of drug-likeness (QED) is 0.839. The van der Waals surface area contributed by atoms with Gasteiger partial charge in [-0.05, 0) is 38.8 Å². The molecule has 0 bridgehead atoms. The third-order valence-electron chi connectivity index (χ3n) is 2.98. The number of nitrogens with zero attached hydrogens (tertiary/aromatic N) is 1. The van der Waals surface area contributed by atoms with Crippen LogP contribution < -0.4 is 10.2 Å². The number of amides is 1. The van der Waals surface area contributed by atoms with E-state index in [1.165, 1.54) is 11.1 Å². The first-order chi connectivity index (χ1) is 8.58. The molecule has 0 saturated carbocycles. The van der Waals surface area contributed by atoms with Crippen molar-refractivity contribution in [1.29, 1.82) is 0 Å². The van der Waals surface area contributed by atoms with E-state index in [2.05, 4.69) is 56.1 Å². The van der Waals surface area contributed by atoms with Gasteiger partial charge in [-0.25, -0.2) is 0 Å². The first-order valence-electron chi connectivity index (χ1n) is 6.67. The molecule has 18 heavy (non-hydrogen) atoms. The Bertz CT molecular complexity index is 401. The summed E-state index contributed by atoms with van der Waals surface area (Å²) in [5, 5.41) is 2.92. The van der Waals surface area contributed by atoms with Gasteiger partial charge in [0.25, 0.3) is 0 Å². The first kappa shape index (κ1) is 14.6. The Hall–Kier alpha value is -1.51. The molecule has 1 aromatic rings. The van der Waals surface area contributed by atoms with Crippen molar-refractivity contribution in [3.63, 3.8) is 0 Å². The predicted molar refractivity (Wildman–Crippen MR) is 77.1 cm³/mol. The molecule has 1 aromatic carbocycles. The van der Waals surface area contributed by atoms with Gasteiger partial charge in [0, 0.05) is 18.8 Å². The number of hydrogen-bond donors (Lipinski definition) is 1. The second kappa shape index (κ2) is 7.04. The molecule has 0 heterocycles. The molecular formula is C15H24N2O. The molecule has 0 aliphatic rings. The van der Waals surface area contributed by atoms with Gasteiger partial charge in [0.05, 0.1) is 6.54 Å². The Morgan fingerprint density at radius 2 is 2.00 bits per heavy atom. The first-order valence-corrected chi connectivity index (χ1v) is 6.67. The molecule has 1 rings (SSSR count). The van der Waals surface area contributed by atoms with E-state index >= 15 is 0 Å². The van der Waals surface area contributed by atoms with Crippen molar-refractivity contribution in [2.45, 2.75) is 34.1 Å². The number of likely N-dealkylation sites (N-methyl/N-ethyl adjacent to an activating group) is 1. The monoisotopic (exact) mass is 248 g/mol. The van der Waals surface area contributed by atoms with Crippen LogP contribution in [0.4, 0.5) is 5.69 Å². The standard InChI is InChI=1S/C15H24N2O/c1-5-9-16-15(18)11-17(6-2)14-8-7-12(3)10-13(14)4/h7-8,10H,5-6,9,11H2,1-4H3,(H,16,18). The lowest BCUT2D eigenvalue weighted by Gasteiger charge is -2.24. The molecule has 0 unspecified atom stereocenters. The summed E-state index contributed by atoms with van der Waals surface area (Å²) in [5.41, 5.74) is 3.62. The van der Waals surface area contributed by atoms with Crippen molar-refractivity contribution in [1.82, 2.24) is 5.32 Å². The van der Waals surface area contributed by atoms with Crippen LogP contribution in [0.3, 0.4) is 0 Å². The molecule has 1 amide bonds. The average molecular weight is 248 g/mol. The maximum Gasteiger partial charge on any atom is 0.239 e. The van der Waals surface area contributed by atoms with Crippen LogP contribution in [-0.4, -0.2) is 25.5 Å². The molecule has 3 heteroatoms. The zero-order valence-electron chi connectivity index (χ0n) is 11.9. The van der Waals surface area contributed by atoms with Gasteiger partial charge in [0.15, 0.2) is 0 Å².